The van der Waals surface area contributed by atoms with E-state index in [4.69, 9.17) is 0 Å². The lowest BCUT2D eigenvalue weighted by atomic mass is 9.77. The first-order valence-corrected chi connectivity index (χ1v) is 6.22. The van der Waals surface area contributed by atoms with E-state index >= 15 is 0 Å². The fourth-order valence-electron chi connectivity index (χ4n) is 2.25. The van der Waals surface area contributed by atoms with Gasteiger partial charge in [-0.05, 0) is 29.7 Å². The van der Waals surface area contributed by atoms with Crippen molar-refractivity contribution in [1.29, 1.82) is 0 Å². The van der Waals surface area contributed by atoms with Gasteiger partial charge in [0, 0.05) is 5.41 Å². The topological polar surface area (TPSA) is 40.5 Å². The number of hydrogen-bond acceptors (Lipinski definition) is 2. The Morgan fingerprint density at radius 2 is 1.58 bits per heavy atom. The fraction of sp³-hybridized carbons (Fsp3) is 0.250. The Hall–Kier alpha value is -1.71. The van der Waals surface area contributed by atoms with Crippen molar-refractivity contribution >= 4 is 0 Å². The van der Waals surface area contributed by atoms with E-state index in [0.717, 1.165) is 5.56 Å². The average Bonchev–Trinajstić information content (AvgIpc) is 2.46. The molecule has 2 rings (SSSR count). The van der Waals surface area contributed by atoms with Gasteiger partial charge in [0.2, 0.25) is 0 Å². The molecule has 2 aromatic rings. The highest BCUT2D eigenvalue weighted by atomic mass is 19.1. The number of aliphatic hydroxyl groups is 2. The van der Waals surface area contributed by atoms with Gasteiger partial charge in [-0.25, -0.2) is 4.39 Å². The molecule has 0 atom stereocenters. The number of benzene rings is 2. The molecular weight excluding hydrogens is 243 g/mol. The second kappa shape index (κ2) is 5.95. The highest BCUT2D eigenvalue weighted by Crippen LogP contribution is 2.28. The molecule has 2 N–H and O–H groups in total. The van der Waals surface area contributed by atoms with E-state index in [1.54, 1.807) is 12.1 Å². The average molecular weight is 260 g/mol. The molecule has 0 aliphatic rings. The highest BCUT2D eigenvalue weighted by Gasteiger charge is 2.31. The van der Waals surface area contributed by atoms with Gasteiger partial charge in [0.05, 0.1) is 13.2 Å². The highest BCUT2D eigenvalue weighted by molar-refractivity contribution is 5.30. The van der Waals surface area contributed by atoms with Gasteiger partial charge in [-0.15, -0.1) is 0 Å². The Morgan fingerprint density at radius 3 is 2.16 bits per heavy atom. The van der Waals surface area contributed by atoms with Crippen molar-refractivity contribution in [2.24, 2.45) is 0 Å². The molecule has 0 heterocycles. The molecule has 0 aliphatic carbocycles. The van der Waals surface area contributed by atoms with Crippen molar-refractivity contribution in [3.05, 3.63) is 71.5 Å². The zero-order chi connectivity index (χ0) is 13.7. The Bertz CT molecular complexity index is 521. The van der Waals surface area contributed by atoms with Crippen LogP contribution in [0.1, 0.15) is 11.1 Å². The molecule has 0 fully saturated rings. The minimum atomic E-state index is -0.858. The third-order valence-corrected chi connectivity index (χ3v) is 3.43. The second-order valence-electron chi connectivity index (χ2n) is 4.77. The minimum absolute atomic E-state index is 0.234. The van der Waals surface area contributed by atoms with Crippen LogP contribution in [0.3, 0.4) is 0 Å². The Labute approximate surface area is 112 Å². The molecule has 0 saturated heterocycles. The van der Waals surface area contributed by atoms with Crippen LogP contribution in [0.15, 0.2) is 54.6 Å². The Kier molecular flexibility index (Phi) is 4.30. The standard InChI is InChI=1S/C16H17FO2/c17-15-8-4-7-14(9-15)16(11-18,12-19)10-13-5-2-1-3-6-13/h1-9,18-19H,10-12H2. The Balaban J connectivity index is 2.37. The van der Waals surface area contributed by atoms with Crippen LogP contribution in [0.5, 0.6) is 0 Å². The van der Waals surface area contributed by atoms with Crippen molar-refractivity contribution in [3.8, 4) is 0 Å². The summed E-state index contributed by atoms with van der Waals surface area (Å²) in [5, 5.41) is 19.4. The van der Waals surface area contributed by atoms with Gasteiger partial charge >= 0.3 is 0 Å². The maximum atomic E-state index is 13.3. The van der Waals surface area contributed by atoms with Crippen LogP contribution in [0.4, 0.5) is 4.39 Å². The van der Waals surface area contributed by atoms with Crippen molar-refractivity contribution in [2.75, 3.05) is 13.2 Å². The van der Waals surface area contributed by atoms with Crippen LogP contribution in [-0.4, -0.2) is 23.4 Å². The first kappa shape index (κ1) is 13.7. The molecule has 0 aromatic heterocycles. The van der Waals surface area contributed by atoms with Crippen LogP contribution in [0.25, 0.3) is 0 Å². The predicted molar refractivity (Wildman–Crippen MR) is 72.4 cm³/mol. The smallest absolute Gasteiger partial charge is 0.123 e. The third kappa shape index (κ3) is 3.00. The number of rotatable bonds is 5. The molecule has 100 valence electrons. The zero-order valence-electron chi connectivity index (χ0n) is 10.6. The summed E-state index contributed by atoms with van der Waals surface area (Å²) in [5.41, 5.74) is 0.750. The number of halogens is 1. The largest absolute Gasteiger partial charge is 0.395 e. The van der Waals surface area contributed by atoms with Crippen molar-refractivity contribution in [1.82, 2.24) is 0 Å². The van der Waals surface area contributed by atoms with Crippen LogP contribution < -0.4 is 0 Å². The van der Waals surface area contributed by atoms with Crippen molar-refractivity contribution in [3.63, 3.8) is 0 Å². The molecule has 2 aromatic carbocycles. The van der Waals surface area contributed by atoms with Gasteiger partial charge in [0.15, 0.2) is 0 Å². The summed E-state index contributed by atoms with van der Waals surface area (Å²) in [4.78, 5) is 0. The summed E-state index contributed by atoms with van der Waals surface area (Å²) < 4.78 is 13.3. The van der Waals surface area contributed by atoms with E-state index in [-0.39, 0.29) is 19.0 Å². The van der Waals surface area contributed by atoms with Gasteiger partial charge in [-0.1, -0.05) is 42.5 Å². The summed E-state index contributed by atoms with van der Waals surface area (Å²) >= 11 is 0. The van der Waals surface area contributed by atoms with Gasteiger partial charge in [-0.2, -0.15) is 0 Å². The molecule has 0 spiro atoms. The van der Waals surface area contributed by atoms with Gasteiger partial charge in [-0.3, -0.25) is 0 Å². The summed E-state index contributed by atoms with van der Waals surface area (Å²) in [6.45, 7) is -0.469. The molecule has 0 radical (unpaired) electrons. The second-order valence-corrected chi connectivity index (χ2v) is 4.77. The third-order valence-electron chi connectivity index (χ3n) is 3.43. The maximum absolute atomic E-state index is 13.3. The Morgan fingerprint density at radius 1 is 0.895 bits per heavy atom. The van der Waals surface area contributed by atoms with Crippen molar-refractivity contribution in [2.45, 2.75) is 11.8 Å². The molecule has 0 amide bonds. The predicted octanol–water partition coefficient (Wildman–Crippen LogP) is 2.29. The van der Waals surface area contributed by atoms with Crippen LogP contribution >= 0.6 is 0 Å². The molecule has 2 nitrogen and oxygen atoms in total. The first-order chi connectivity index (χ1) is 9.20. The quantitative estimate of drug-likeness (QED) is 0.866. The van der Waals surface area contributed by atoms with E-state index in [9.17, 15) is 14.6 Å². The van der Waals surface area contributed by atoms with E-state index in [2.05, 4.69) is 0 Å². The first-order valence-electron chi connectivity index (χ1n) is 6.22. The molecular formula is C16H17FO2. The van der Waals surface area contributed by atoms with Gasteiger partial charge in [0.1, 0.15) is 5.82 Å². The van der Waals surface area contributed by atoms with Gasteiger partial charge < -0.3 is 10.2 Å². The van der Waals surface area contributed by atoms with Crippen LogP contribution in [-0.2, 0) is 11.8 Å². The molecule has 0 saturated carbocycles. The van der Waals surface area contributed by atoms with Crippen molar-refractivity contribution < 1.29 is 14.6 Å². The zero-order valence-corrected chi connectivity index (χ0v) is 10.6. The molecule has 0 unspecified atom stereocenters. The monoisotopic (exact) mass is 260 g/mol. The number of hydrogen-bond donors (Lipinski definition) is 2. The van der Waals surface area contributed by atoms with E-state index < -0.39 is 5.41 Å². The van der Waals surface area contributed by atoms with E-state index in [1.165, 1.54) is 12.1 Å². The molecule has 3 heteroatoms. The van der Waals surface area contributed by atoms with Crippen LogP contribution in [0, 0.1) is 5.82 Å². The van der Waals surface area contributed by atoms with E-state index in [0.29, 0.717) is 12.0 Å². The summed E-state index contributed by atoms with van der Waals surface area (Å²) in [6, 6.07) is 15.6. The summed E-state index contributed by atoms with van der Waals surface area (Å²) in [5.74, 6) is -0.364. The fourth-order valence-corrected chi connectivity index (χ4v) is 2.25. The lowest BCUT2D eigenvalue weighted by Gasteiger charge is -2.30. The molecule has 19 heavy (non-hydrogen) atoms. The summed E-state index contributed by atoms with van der Waals surface area (Å²) in [7, 11) is 0. The normalized spacial score (nSPS) is 11.5. The SMILES string of the molecule is OCC(CO)(Cc1ccccc1)c1cccc(F)c1. The summed E-state index contributed by atoms with van der Waals surface area (Å²) in [6.07, 6.45) is 0.463. The lowest BCUT2D eigenvalue weighted by Crippen LogP contribution is -2.37. The lowest BCUT2D eigenvalue weighted by molar-refractivity contribution is 0.116. The number of aliphatic hydroxyl groups excluding tert-OH is 2. The maximum Gasteiger partial charge on any atom is 0.123 e. The van der Waals surface area contributed by atoms with E-state index in [1.807, 2.05) is 30.3 Å². The molecule has 0 aliphatic heterocycles. The van der Waals surface area contributed by atoms with Gasteiger partial charge in [0.25, 0.3) is 0 Å². The molecule has 0 bridgehead atoms. The minimum Gasteiger partial charge on any atom is -0.395 e. The van der Waals surface area contributed by atoms with Crippen LogP contribution in [0.2, 0.25) is 0 Å².